The molecule has 0 radical (unpaired) electrons. The van der Waals surface area contributed by atoms with Crippen LogP contribution in [-0.2, 0) is 22.3 Å². The van der Waals surface area contributed by atoms with E-state index in [0.717, 1.165) is 35.5 Å². The number of hydrogen-bond acceptors (Lipinski definition) is 13. The minimum absolute atomic E-state index is 0.0347. The number of carbonyl (C=O) groups excluding carboxylic acids is 4. The van der Waals surface area contributed by atoms with Gasteiger partial charge in [0.2, 0.25) is 10.6 Å². The van der Waals surface area contributed by atoms with Crippen LogP contribution in [0.4, 0.5) is 21.2 Å². The smallest absolute Gasteiger partial charge is 0.410 e. The number of aromatic nitrogens is 4. The average molecular weight is 986 g/mol. The van der Waals surface area contributed by atoms with Crippen LogP contribution in [0.3, 0.4) is 0 Å². The molecule has 0 unspecified atom stereocenters. The van der Waals surface area contributed by atoms with E-state index in [2.05, 4.69) is 25.3 Å². The molecule has 0 fully saturated rings. The van der Waals surface area contributed by atoms with Crippen LogP contribution < -0.4 is 19.7 Å². The van der Waals surface area contributed by atoms with E-state index in [-0.39, 0.29) is 41.2 Å². The van der Waals surface area contributed by atoms with Crippen LogP contribution in [0.1, 0.15) is 115 Å². The van der Waals surface area contributed by atoms with Crippen molar-refractivity contribution in [2.75, 3.05) is 49.6 Å². The summed E-state index contributed by atoms with van der Waals surface area (Å²) in [4.78, 5) is 70.4. The average Bonchev–Trinajstić information content (AvgIpc) is 3.88. The highest BCUT2D eigenvalue weighted by atomic mass is 35.5. The van der Waals surface area contributed by atoms with E-state index in [4.69, 9.17) is 53.8 Å². The molecule has 0 aliphatic carbocycles. The summed E-state index contributed by atoms with van der Waals surface area (Å²) >= 11 is 17.1. The van der Waals surface area contributed by atoms with Crippen molar-refractivity contribution in [2.24, 2.45) is 0 Å². The number of anilines is 2. The Kier molecular flexibility index (Phi) is 18.6. The number of fused-ring (bicyclic) bond motifs is 2. The molecule has 2 aromatic carbocycles. The van der Waals surface area contributed by atoms with Crippen LogP contribution in [0.15, 0.2) is 60.9 Å². The molecule has 16 nitrogen and oxygen atoms in total. The van der Waals surface area contributed by atoms with Gasteiger partial charge in [-0.15, -0.1) is 0 Å². The monoisotopic (exact) mass is 984 g/mol. The van der Waals surface area contributed by atoms with E-state index < -0.39 is 28.1 Å². The molecule has 0 saturated heterocycles. The number of rotatable bonds is 10. The first-order valence-electron chi connectivity index (χ1n) is 21.9. The predicted molar refractivity (Wildman–Crippen MR) is 261 cm³/mol. The number of ether oxygens (including phenoxy) is 4. The van der Waals surface area contributed by atoms with Crippen molar-refractivity contribution in [1.29, 1.82) is 0 Å². The molecule has 2 aromatic heterocycles. The minimum atomic E-state index is -0.636. The third-order valence-electron chi connectivity index (χ3n) is 9.65. The molecular formula is C48H63Cl3N8O8. The summed E-state index contributed by atoms with van der Waals surface area (Å²) in [5, 5.41) is 2.93. The fourth-order valence-corrected chi connectivity index (χ4v) is 6.95. The molecular weight excluding hydrogens is 923 g/mol. The van der Waals surface area contributed by atoms with Crippen molar-refractivity contribution < 1.29 is 38.1 Å². The van der Waals surface area contributed by atoms with Crippen molar-refractivity contribution in [1.82, 2.24) is 29.7 Å². The lowest BCUT2D eigenvalue weighted by atomic mass is 10.1. The first-order chi connectivity index (χ1) is 31.1. The quantitative estimate of drug-likeness (QED) is 0.117. The maximum absolute atomic E-state index is 13.6. The molecule has 6 rings (SSSR count). The van der Waals surface area contributed by atoms with Crippen LogP contribution in [0, 0.1) is 0 Å². The zero-order valence-corrected chi connectivity index (χ0v) is 42.7. The molecule has 364 valence electrons. The Morgan fingerprint density at radius 3 is 1.60 bits per heavy atom. The molecule has 4 heterocycles. The molecule has 2 aliphatic heterocycles. The van der Waals surface area contributed by atoms with Gasteiger partial charge in [-0.1, -0.05) is 0 Å². The summed E-state index contributed by atoms with van der Waals surface area (Å²) in [6.07, 6.45) is 3.92. The number of nitrogens with zero attached hydrogens (tertiary/aromatic N) is 7. The SMILES string of the molecule is CC(C)(C)OC(=O)N(CCN(C(=O)c1ccc2c(c1)CCO2)c1ccnc(Cl)n1)C(C)(C)C.CC(C)(C)OC(=O)N(CCNc1ccnc(Cl)n1)C(C)(C)C.O=C(Cl)c1ccc2c(c1)CCO2. The molecule has 67 heavy (non-hydrogen) atoms. The van der Waals surface area contributed by atoms with Gasteiger partial charge in [0.05, 0.1) is 13.2 Å². The Hall–Kier alpha value is -5.45. The number of amides is 3. The van der Waals surface area contributed by atoms with Gasteiger partial charge in [0, 0.05) is 73.6 Å². The first kappa shape index (κ1) is 54.2. The van der Waals surface area contributed by atoms with Crippen LogP contribution in [0.5, 0.6) is 11.5 Å². The topological polar surface area (TPSA) is 179 Å². The van der Waals surface area contributed by atoms with Gasteiger partial charge in [0.1, 0.15) is 34.3 Å². The van der Waals surface area contributed by atoms with Gasteiger partial charge in [-0.3, -0.25) is 14.5 Å². The summed E-state index contributed by atoms with van der Waals surface area (Å²) in [5.41, 5.74) is 1.10. The van der Waals surface area contributed by atoms with E-state index in [1.54, 1.807) is 52.4 Å². The molecule has 0 atom stereocenters. The second-order valence-corrected chi connectivity index (χ2v) is 20.5. The van der Waals surface area contributed by atoms with Crippen LogP contribution >= 0.6 is 34.8 Å². The predicted octanol–water partition coefficient (Wildman–Crippen LogP) is 10.3. The van der Waals surface area contributed by atoms with Crippen LogP contribution in [0.25, 0.3) is 0 Å². The Morgan fingerprint density at radius 1 is 0.642 bits per heavy atom. The number of carbonyl (C=O) groups is 4. The number of hydrogen-bond donors (Lipinski definition) is 1. The van der Waals surface area contributed by atoms with Crippen LogP contribution in [0.2, 0.25) is 10.6 Å². The molecule has 2 aliphatic rings. The van der Waals surface area contributed by atoms with E-state index in [9.17, 15) is 19.2 Å². The second-order valence-electron chi connectivity index (χ2n) is 19.5. The van der Waals surface area contributed by atoms with E-state index >= 15 is 0 Å². The Morgan fingerprint density at radius 2 is 1.12 bits per heavy atom. The number of halogens is 3. The normalized spacial score (nSPS) is 12.9. The maximum atomic E-state index is 13.6. The van der Waals surface area contributed by atoms with Gasteiger partial charge in [-0.05, 0) is 178 Å². The highest BCUT2D eigenvalue weighted by molar-refractivity contribution is 6.67. The Labute approximate surface area is 409 Å². The lowest BCUT2D eigenvalue weighted by Gasteiger charge is -2.38. The molecule has 3 amide bonds. The summed E-state index contributed by atoms with van der Waals surface area (Å²) in [7, 11) is 0. The standard InChI is InChI=1S/C24H31ClN4O4.C15H25ClN4O2.C9H7ClO2/c1-23(2,3)29(22(31)33-24(4,5)6)13-12-28(19-9-11-26-21(25)27-19)20(30)17-7-8-18-16(15-17)10-14-32-18;1-14(2,3)20(13(21)22-15(4,5)6)10-9-17-11-7-8-18-12(16)19-11;10-9(11)7-1-2-8-6(5-7)3-4-12-8/h7-9,11,15H,10,12-14H2,1-6H3;7-8H,9-10H2,1-6H3,(H,17,18,19);1-2,5H,3-4H2. The number of benzene rings is 2. The largest absolute Gasteiger partial charge is 0.493 e. The molecule has 4 aromatic rings. The zero-order valence-electron chi connectivity index (χ0n) is 40.5. The van der Waals surface area contributed by atoms with Crippen molar-refractivity contribution in [3.63, 3.8) is 0 Å². The Balaban J connectivity index is 0.000000246. The minimum Gasteiger partial charge on any atom is -0.493 e. The summed E-state index contributed by atoms with van der Waals surface area (Å²) in [5.74, 6) is 2.40. The van der Waals surface area contributed by atoms with E-state index in [0.29, 0.717) is 49.1 Å². The van der Waals surface area contributed by atoms with Crippen LogP contribution in [-0.4, -0.2) is 115 Å². The molecule has 0 saturated carbocycles. The first-order valence-corrected chi connectivity index (χ1v) is 23.0. The molecule has 1 N–H and O–H groups in total. The van der Waals surface area contributed by atoms with Gasteiger partial charge in [-0.25, -0.2) is 29.5 Å². The highest BCUT2D eigenvalue weighted by Gasteiger charge is 2.33. The van der Waals surface area contributed by atoms with E-state index in [1.807, 2.05) is 95.2 Å². The Bertz CT molecular complexity index is 2360. The maximum Gasteiger partial charge on any atom is 0.410 e. The van der Waals surface area contributed by atoms with Gasteiger partial charge in [-0.2, -0.15) is 0 Å². The van der Waals surface area contributed by atoms with Gasteiger partial charge in [0.15, 0.2) is 0 Å². The fraction of sp³-hybridized carbons (Fsp3) is 0.500. The molecule has 0 spiro atoms. The summed E-state index contributed by atoms with van der Waals surface area (Å²) in [6, 6.07) is 14.0. The summed E-state index contributed by atoms with van der Waals surface area (Å²) < 4.78 is 21.9. The lowest BCUT2D eigenvalue weighted by Crippen LogP contribution is -2.51. The van der Waals surface area contributed by atoms with Gasteiger partial charge in [0.25, 0.3) is 11.1 Å². The zero-order chi connectivity index (χ0) is 49.9. The van der Waals surface area contributed by atoms with Gasteiger partial charge >= 0.3 is 12.2 Å². The van der Waals surface area contributed by atoms with Gasteiger partial charge < -0.3 is 34.1 Å². The fourth-order valence-electron chi connectivity index (χ4n) is 6.55. The summed E-state index contributed by atoms with van der Waals surface area (Å²) in [6.45, 7) is 25.5. The molecule has 19 heteroatoms. The third kappa shape index (κ3) is 17.3. The van der Waals surface area contributed by atoms with Crippen molar-refractivity contribution in [3.8, 4) is 11.5 Å². The lowest BCUT2D eigenvalue weighted by molar-refractivity contribution is 0.00601. The highest BCUT2D eigenvalue weighted by Crippen LogP contribution is 2.29. The van der Waals surface area contributed by atoms with Crippen molar-refractivity contribution in [3.05, 3.63) is 93.7 Å². The third-order valence-corrected chi connectivity index (χ3v) is 10.2. The van der Waals surface area contributed by atoms with Crippen molar-refractivity contribution in [2.45, 2.75) is 118 Å². The second kappa shape index (κ2) is 23.0. The van der Waals surface area contributed by atoms with E-state index in [1.165, 1.54) is 11.1 Å². The number of nitrogens with one attached hydrogen (secondary N) is 1. The molecule has 0 bridgehead atoms. The van der Waals surface area contributed by atoms with Crippen molar-refractivity contribution >= 4 is 69.8 Å².